The zero-order valence-electron chi connectivity index (χ0n) is 17.6. The topological polar surface area (TPSA) is 72.2 Å². The first-order chi connectivity index (χ1) is 13.0. The van der Waals surface area contributed by atoms with Gasteiger partial charge in [-0.15, -0.1) is 0 Å². The van der Waals surface area contributed by atoms with E-state index < -0.39 is 0 Å². The highest BCUT2D eigenvalue weighted by atomic mass is 15.3. The molecule has 1 unspecified atom stereocenters. The second kappa shape index (κ2) is 16.0. The van der Waals surface area contributed by atoms with Crippen LogP contribution in [0.4, 0.5) is 0 Å². The average Bonchev–Trinajstić information content (AvgIpc) is 2.65. The van der Waals surface area contributed by atoms with Gasteiger partial charge in [-0.3, -0.25) is 15.8 Å². The highest BCUT2D eigenvalue weighted by Crippen LogP contribution is 2.20. The van der Waals surface area contributed by atoms with Gasteiger partial charge in [0.05, 0.1) is 6.07 Å². The monoisotopic (exact) mass is 371 g/mol. The van der Waals surface area contributed by atoms with Gasteiger partial charge < -0.3 is 5.32 Å². The molecule has 1 atom stereocenters. The van der Waals surface area contributed by atoms with E-state index in [-0.39, 0.29) is 12.5 Å². The van der Waals surface area contributed by atoms with E-state index in [9.17, 15) is 0 Å². The van der Waals surface area contributed by atoms with Gasteiger partial charge in [0.1, 0.15) is 6.54 Å². The number of allylic oxidation sites excluding steroid dienone is 4. The van der Waals surface area contributed by atoms with Crippen molar-refractivity contribution in [1.82, 2.24) is 16.2 Å². The average molecular weight is 372 g/mol. The van der Waals surface area contributed by atoms with Gasteiger partial charge in [-0.1, -0.05) is 44.2 Å². The Labute approximate surface area is 166 Å². The molecule has 0 spiro atoms. The standard InChI is InChI=1S/C22H37N5/c1-7-9-10-14-22(20(5)25-8-2)18(3)12-11-13-21(17-27-24-6)19(4)26-16-15-23/h8,10,14,21,24,26-27H,2,4,7,9,11-13,16-17H2,1,3,5-6H3/b14-10-,22-18?,25-20-. The minimum Gasteiger partial charge on any atom is -0.376 e. The summed E-state index contributed by atoms with van der Waals surface area (Å²) < 4.78 is 0. The number of nitrogens with zero attached hydrogens (tertiary/aromatic N) is 2. The summed E-state index contributed by atoms with van der Waals surface area (Å²) in [4.78, 5) is 4.37. The number of hydrazine groups is 1. The van der Waals surface area contributed by atoms with Gasteiger partial charge in [0, 0.05) is 30.1 Å². The maximum atomic E-state index is 8.75. The maximum absolute atomic E-state index is 8.75. The van der Waals surface area contributed by atoms with Crippen LogP contribution in [0.1, 0.15) is 52.9 Å². The summed E-state index contributed by atoms with van der Waals surface area (Å²) >= 11 is 0. The molecule has 0 radical (unpaired) electrons. The largest absolute Gasteiger partial charge is 0.376 e. The van der Waals surface area contributed by atoms with E-state index in [4.69, 9.17) is 5.26 Å². The lowest BCUT2D eigenvalue weighted by Gasteiger charge is -2.20. The first-order valence-corrected chi connectivity index (χ1v) is 9.72. The predicted molar refractivity (Wildman–Crippen MR) is 117 cm³/mol. The summed E-state index contributed by atoms with van der Waals surface area (Å²) in [7, 11) is 1.85. The third-order valence-electron chi connectivity index (χ3n) is 4.39. The van der Waals surface area contributed by atoms with Crippen molar-refractivity contribution in [2.45, 2.75) is 52.9 Å². The van der Waals surface area contributed by atoms with E-state index in [0.29, 0.717) is 0 Å². The van der Waals surface area contributed by atoms with Crippen molar-refractivity contribution >= 4 is 5.71 Å². The molecule has 150 valence electrons. The number of nitrogens with one attached hydrogen (secondary N) is 3. The van der Waals surface area contributed by atoms with Gasteiger partial charge in [-0.25, -0.2) is 0 Å². The van der Waals surface area contributed by atoms with Crippen LogP contribution < -0.4 is 16.2 Å². The van der Waals surface area contributed by atoms with Crippen LogP contribution in [0.15, 0.2) is 53.3 Å². The Balaban J connectivity index is 5.02. The molecule has 0 aromatic carbocycles. The van der Waals surface area contributed by atoms with E-state index in [1.54, 1.807) is 6.20 Å². The molecule has 5 nitrogen and oxygen atoms in total. The number of hydrogen-bond donors (Lipinski definition) is 3. The van der Waals surface area contributed by atoms with Crippen LogP contribution in [-0.4, -0.2) is 25.8 Å². The van der Waals surface area contributed by atoms with Crippen molar-refractivity contribution in [3.63, 3.8) is 0 Å². The summed E-state index contributed by atoms with van der Waals surface area (Å²) in [6, 6.07) is 2.10. The Hall–Kier alpha value is -2.16. The molecule has 0 saturated heterocycles. The van der Waals surface area contributed by atoms with Crippen LogP contribution >= 0.6 is 0 Å². The maximum Gasteiger partial charge on any atom is 0.103 e. The lowest BCUT2D eigenvalue weighted by Crippen LogP contribution is -2.35. The van der Waals surface area contributed by atoms with Crippen molar-refractivity contribution in [3.8, 4) is 6.07 Å². The summed E-state index contributed by atoms with van der Waals surface area (Å²) in [5.41, 5.74) is 10.6. The SMILES string of the molecule is C=C/N=C(/C)C(/C=C\CCC)=C(C)CCCC(CNNC)C(=C)NCC#N. The molecule has 0 heterocycles. The Morgan fingerprint density at radius 1 is 1.33 bits per heavy atom. The van der Waals surface area contributed by atoms with E-state index >= 15 is 0 Å². The van der Waals surface area contributed by atoms with E-state index in [2.05, 4.69) is 66.4 Å². The molecular formula is C22H37N5. The number of rotatable bonds is 15. The van der Waals surface area contributed by atoms with E-state index in [0.717, 1.165) is 50.1 Å². The van der Waals surface area contributed by atoms with Crippen molar-refractivity contribution in [2.24, 2.45) is 10.9 Å². The number of hydrogen-bond acceptors (Lipinski definition) is 5. The molecule has 0 bridgehead atoms. The van der Waals surface area contributed by atoms with Crippen LogP contribution in [0.2, 0.25) is 0 Å². The molecule has 0 fully saturated rings. The lowest BCUT2D eigenvalue weighted by molar-refractivity contribution is 0.442. The third-order valence-corrected chi connectivity index (χ3v) is 4.39. The van der Waals surface area contributed by atoms with Crippen LogP contribution in [0.25, 0.3) is 0 Å². The van der Waals surface area contributed by atoms with Crippen molar-refractivity contribution in [3.05, 3.63) is 48.4 Å². The highest BCUT2D eigenvalue weighted by Gasteiger charge is 2.13. The highest BCUT2D eigenvalue weighted by molar-refractivity contribution is 6.01. The van der Waals surface area contributed by atoms with Crippen LogP contribution in [0.3, 0.4) is 0 Å². The molecule has 0 aromatic heterocycles. The van der Waals surface area contributed by atoms with Crippen molar-refractivity contribution in [1.29, 1.82) is 5.26 Å². The summed E-state index contributed by atoms with van der Waals surface area (Å²) in [6.07, 6.45) is 11.2. The van der Waals surface area contributed by atoms with Crippen LogP contribution in [0.5, 0.6) is 0 Å². The number of nitriles is 1. The van der Waals surface area contributed by atoms with Crippen LogP contribution in [-0.2, 0) is 0 Å². The molecule has 0 aliphatic carbocycles. The molecule has 0 aromatic rings. The lowest BCUT2D eigenvalue weighted by atomic mass is 9.94. The number of unbranched alkanes of at least 4 members (excludes halogenated alkanes) is 1. The summed E-state index contributed by atoms with van der Waals surface area (Å²) in [5, 5.41) is 11.8. The fourth-order valence-electron chi connectivity index (χ4n) is 2.82. The zero-order chi connectivity index (χ0) is 20.5. The van der Waals surface area contributed by atoms with Crippen LogP contribution in [0, 0.1) is 17.2 Å². The van der Waals surface area contributed by atoms with Crippen molar-refractivity contribution < 1.29 is 0 Å². The molecule has 3 N–H and O–H groups in total. The molecular weight excluding hydrogens is 334 g/mol. The normalized spacial score (nSPS) is 13.8. The molecule has 0 aliphatic rings. The smallest absolute Gasteiger partial charge is 0.103 e. The molecule has 0 amide bonds. The summed E-state index contributed by atoms with van der Waals surface area (Å²) in [6.45, 7) is 15.3. The van der Waals surface area contributed by atoms with Gasteiger partial charge in [-0.2, -0.15) is 5.26 Å². The van der Waals surface area contributed by atoms with Gasteiger partial charge in [0.2, 0.25) is 0 Å². The molecule has 5 heteroatoms. The van der Waals surface area contributed by atoms with Crippen molar-refractivity contribution in [2.75, 3.05) is 20.1 Å². The Bertz CT molecular complexity index is 578. The van der Waals surface area contributed by atoms with E-state index in [1.807, 2.05) is 14.0 Å². The quantitative estimate of drug-likeness (QED) is 0.173. The first-order valence-electron chi connectivity index (χ1n) is 9.72. The molecule has 0 saturated carbocycles. The third kappa shape index (κ3) is 11.2. The predicted octanol–water partition coefficient (Wildman–Crippen LogP) is 4.40. The zero-order valence-corrected chi connectivity index (χ0v) is 17.6. The van der Waals surface area contributed by atoms with Gasteiger partial charge in [-0.05, 0) is 52.2 Å². The Kier molecular flexibility index (Phi) is 14.8. The second-order valence-corrected chi connectivity index (χ2v) is 6.54. The molecule has 27 heavy (non-hydrogen) atoms. The minimum absolute atomic E-state index is 0.264. The van der Waals surface area contributed by atoms with Gasteiger partial charge in [0.25, 0.3) is 0 Å². The van der Waals surface area contributed by atoms with Gasteiger partial charge in [0.15, 0.2) is 0 Å². The Morgan fingerprint density at radius 2 is 2.07 bits per heavy atom. The Morgan fingerprint density at radius 3 is 2.67 bits per heavy atom. The first kappa shape index (κ1) is 24.8. The number of aliphatic imine (C=N–C) groups is 1. The molecule has 0 rings (SSSR count). The molecule has 0 aliphatic heterocycles. The second-order valence-electron chi connectivity index (χ2n) is 6.54. The fraction of sp³-hybridized carbons (Fsp3) is 0.545. The van der Waals surface area contributed by atoms with E-state index in [1.165, 1.54) is 11.1 Å². The fourth-order valence-corrected chi connectivity index (χ4v) is 2.82. The van der Waals surface area contributed by atoms with Gasteiger partial charge >= 0.3 is 0 Å². The minimum atomic E-state index is 0.264. The summed E-state index contributed by atoms with van der Waals surface area (Å²) in [5.74, 6) is 0.264.